The van der Waals surface area contributed by atoms with E-state index in [4.69, 9.17) is 0 Å². The maximum absolute atomic E-state index is 13.1. The summed E-state index contributed by atoms with van der Waals surface area (Å²) in [6, 6.07) is 11.1. The molecule has 0 spiro atoms. The Morgan fingerprint density at radius 2 is 1.62 bits per heavy atom. The van der Waals surface area contributed by atoms with Crippen LogP contribution in [0.25, 0.3) is 0 Å². The predicted molar refractivity (Wildman–Crippen MR) is 144 cm³/mol. The Bertz CT molecular complexity index is 1380. The van der Waals surface area contributed by atoms with Crippen molar-refractivity contribution in [2.45, 2.75) is 32.7 Å². The summed E-state index contributed by atoms with van der Waals surface area (Å²) in [5.41, 5.74) is 0.773. The van der Waals surface area contributed by atoms with E-state index >= 15 is 0 Å². The smallest absolute Gasteiger partial charge is 0.422 e. The Morgan fingerprint density at radius 3 is 2.29 bits per heavy atom. The van der Waals surface area contributed by atoms with Gasteiger partial charge in [0.05, 0.1) is 5.56 Å². The van der Waals surface area contributed by atoms with E-state index in [0.29, 0.717) is 26.2 Å². The van der Waals surface area contributed by atoms with E-state index in [1.807, 2.05) is 43.0 Å². The van der Waals surface area contributed by atoms with E-state index < -0.39 is 30.5 Å². The standard InChI is InChI=1S/C27H29F6N7O2/c1-17(2)22(41)40-11-9-39(10-12-40)21-8-3-5-18(13-21)15-34-23-36-24(38-25(37-23)42-16-26(28,29)30)35-20-7-4-6-19(14-20)27(31,32)33/h3-8,13-14,17H,9-12,15-16H2,1-2H3,(H2,34,35,36,37,38). The van der Waals surface area contributed by atoms with Crippen molar-refractivity contribution in [1.29, 1.82) is 0 Å². The van der Waals surface area contributed by atoms with E-state index in [9.17, 15) is 31.1 Å². The van der Waals surface area contributed by atoms with E-state index in [2.05, 4.69) is 35.2 Å². The van der Waals surface area contributed by atoms with E-state index in [1.54, 1.807) is 0 Å². The second kappa shape index (κ2) is 12.7. The lowest BCUT2D eigenvalue weighted by atomic mass is 10.1. The second-order valence-corrected chi connectivity index (χ2v) is 9.86. The Hall–Kier alpha value is -4.30. The molecule has 1 aromatic heterocycles. The molecule has 2 aromatic carbocycles. The molecular weight excluding hydrogens is 568 g/mol. The Labute approximate surface area is 237 Å². The molecule has 1 fully saturated rings. The van der Waals surface area contributed by atoms with Crippen LogP contribution in [-0.2, 0) is 17.5 Å². The third-order valence-corrected chi connectivity index (χ3v) is 6.24. The zero-order chi connectivity index (χ0) is 30.5. The van der Waals surface area contributed by atoms with Gasteiger partial charge in [0.2, 0.25) is 17.8 Å². The topological polar surface area (TPSA) is 95.5 Å². The lowest BCUT2D eigenvalue weighted by Crippen LogP contribution is -2.49. The predicted octanol–water partition coefficient (Wildman–Crippen LogP) is 5.49. The minimum Gasteiger partial charge on any atom is -0.454 e. The van der Waals surface area contributed by atoms with Gasteiger partial charge < -0.3 is 25.2 Å². The highest BCUT2D eigenvalue weighted by Gasteiger charge is 2.31. The van der Waals surface area contributed by atoms with Crippen molar-refractivity contribution in [1.82, 2.24) is 19.9 Å². The fourth-order valence-corrected chi connectivity index (χ4v) is 4.20. The van der Waals surface area contributed by atoms with Crippen LogP contribution in [0, 0.1) is 5.92 Å². The van der Waals surface area contributed by atoms with Crippen LogP contribution < -0.4 is 20.3 Å². The van der Waals surface area contributed by atoms with Crippen LogP contribution in [0.5, 0.6) is 6.01 Å². The van der Waals surface area contributed by atoms with Crippen LogP contribution in [-0.4, -0.2) is 64.7 Å². The van der Waals surface area contributed by atoms with Crippen LogP contribution in [0.4, 0.5) is 49.6 Å². The van der Waals surface area contributed by atoms with Crippen LogP contribution in [0.15, 0.2) is 48.5 Å². The molecule has 1 aliphatic heterocycles. The van der Waals surface area contributed by atoms with E-state index in [-0.39, 0.29) is 36.0 Å². The van der Waals surface area contributed by atoms with Gasteiger partial charge in [-0.25, -0.2) is 0 Å². The first-order chi connectivity index (χ1) is 19.8. The van der Waals surface area contributed by atoms with Gasteiger partial charge >= 0.3 is 18.4 Å². The van der Waals surface area contributed by atoms with Crippen molar-refractivity contribution in [3.63, 3.8) is 0 Å². The van der Waals surface area contributed by atoms with Crippen molar-refractivity contribution in [3.05, 3.63) is 59.7 Å². The van der Waals surface area contributed by atoms with Gasteiger partial charge in [-0.15, -0.1) is 0 Å². The van der Waals surface area contributed by atoms with Crippen LogP contribution in [0.2, 0.25) is 0 Å². The molecule has 0 aliphatic carbocycles. The molecule has 2 heterocycles. The first-order valence-corrected chi connectivity index (χ1v) is 13.0. The van der Waals surface area contributed by atoms with Crippen LogP contribution >= 0.6 is 0 Å². The van der Waals surface area contributed by atoms with Gasteiger partial charge in [-0.3, -0.25) is 4.79 Å². The van der Waals surface area contributed by atoms with Gasteiger partial charge in [0, 0.05) is 50.0 Å². The monoisotopic (exact) mass is 597 g/mol. The molecular formula is C27H29F6N7O2. The molecule has 42 heavy (non-hydrogen) atoms. The van der Waals surface area contributed by atoms with E-state index in [0.717, 1.165) is 23.4 Å². The number of amides is 1. The number of ether oxygens (including phenoxy) is 1. The van der Waals surface area contributed by atoms with Crippen molar-refractivity contribution in [2.24, 2.45) is 5.92 Å². The number of hydrogen-bond donors (Lipinski definition) is 2. The summed E-state index contributed by atoms with van der Waals surface area (Å²) < 4.78 is 82.2. The summed E-state index contributed by atoms with van der Waals surface area (Å²) in [7, 11) is 0. The zero-order valence-corrected chi connectivity index (χ0v) is 22.8. The normalized spacial score (nSPS) is 14.2. The van der Waals surface area contributed by atoms with Crippen molar-refractivity contribution < 1.29 is 35.9 Å². The number of halogens is 6. The molecule has 4 rings (SSSR count). The van der Waals surface area contributed by atoms with E-state index in [1.165, 1.54) is 12.1 Å². The number of benzene rings is 2. The number of piperazine rings is 1. The summed E-state index contributed by atoms with van der Waals surface area (Å²) in [5, 5.41) is 5.47. The fraction of sp³-hybridized carbons (Fsp3) is 0.407. The summed E-state index contributed by atoms with van der Waals surface area (Å²) in [6.45, 7) is 4.77. The highest BCUT2D eigenvalue weighted by molar-refractivity contribution is 5.78. The highest BCUT2D eigenvalue weighted by atomic mass is 19.4. The molecule has 1 saturated heterocycles. The Kier molecular flexibility index (Phi) is 9.27. The Morgan fingerprint density at radius 1 is 0.929 bits per heavy atom. The Balaban J connectivity index is 1.47. The first-order valence-electron chi connectivity index (χ1n) is 13.0. The quantitative estimate of drug-likeness (QED) is 0.313. The highest BCUT2D eigenvalue weighted by Crippen LogP contribution is 2.31. The number of hydrogen-bond acceptors (Lipinski definition) is 8. The zero-order valence-electron chi connectivity index (χ0n) is 22.8. The molecule has 0 radical (unpaired) electrons. The summed E-state index contributed by atoms with van der Waals surface area (Å²) in [5.74, 6) is -0.415. The molecule has 3 aromatic rings. The van der Waals surface area contributed by atoms with Crippen molar-refractivity contribution in [2.75, 3.05) is 48.3 Å². The number of alkyl halides is 6. The molecule has 1 amide bonds. The number of nitrogens with one attached hydrogen (secondary N) is 2. The molecule has 9 nitrogen and oxygen atoms in total. The maximum atomic E-state index is 13.1. The van der Waals surface area contributed by atoms with Crippen molar-refractivity contribution >= 4 is 29.2 Å². The number of carbonyl (C=O) groups excluding carboxylic acids is 1. The van der Waals surface area contributed by atoms with Crippen LogP contribution in [0.1, 0.15) is 25.0 Å². The third-order valence-electron chi connectivity index (χ3n) is 6.24. The minimum atomic E-state index is -4.66. The molecule has 15 heteroatoms. The average Bonchev–Trinajstić information content (AvgIpc) is 2.94. The first kappa shape index (κ1) is 30.7. The lowest BCUT2D eigenvalue weighted by molar-refractivity contribution is -0.154. The van der Waals surface area contributed by atoms with Gasteiger partial charge in [0.25, 0.3) is 0 Å². The van der Waals surface area contributed by atoms with Gasteiger partial charge in [-0.2, -0.15) is 41.3 Å². The van der Waals surface area contributed by atoms with Crippen LogP contribution in [0.3, 0.4) is 0 Å². The number of nitrogens with zero attached hydrogens (tertiary/aromatic N) is 5. The lowest BCUT2D eigenvalue weighted by Gasteiger charge is -2.37. The van der Waals surface area contributed by atoms with Gasteiger partial charge in [0.15, 0.2) is 6.61 Å². The van der Waals surface area contributed by atoms with Gasteiger partial charge in [0.1, 0.15) is 0 Å². The molecule has 0 bridgehead atoms. The molecule has 0 atom stereocenters. The van der Waals surface area contributed by atoms with Gasteiger partial charge in [-0.1, -0.05) is 32.0 Å². The SMILES string of the molecule is CC(C)C(=O)N1CCN(c2cccc(CNc3nc(Nc4cccc(C(F)(F)F)c4)nc(OCC(F)(F)F)n3)c2)CC1. The molecule has 0 unspecified atom stereocenters. The van der Waals surface area contributed by atoms with Crippen molar-refractivity contribution in [3.8, 4) is 6.01 Å². The summed E-state index contributed by atoms with van der Waals surface area (Å²) >= 11 is 0. The summed E-state index contributed by atoms with van der Waals surface area (Å²) in [6.07, 6.45) is -9.26. The largest absolute Gasteiger partial charge is 0.454 e. The maximum Gasteiger partial charge on any atom is 0.422 e. The fourth-order valence-electron chi connectivity index (χ4n) is 4.20. The second-order valence-electron chi connectivity index (χ2n) is 9.86. The molecule has 226 valence electrons. The molecule has 2 N–H and O–H groups in total. The number of aromatic nitrogens is 3. The molecule has 0 saturated carbocycles. The number of rotatable bonds is 9. The number of carbonyl (C=O) groups is 1. The number of anilines is 4. The molecule has 1 aliphatic rings. The summed E-state index contributed by atoms with van der Waals surface area (Å²) in [4.78, 5) is 28.0. The van der Waals surface area contributed by atoms with Gasteiger partial charge in [-0.05, 0) is 35.9 Å². The minimum absolute atomic E-state index is 0.0355. The average molecular weight is 598 g/mol. The third kappa shape index (κ3) is 8.60.